The third-order valence-corrected chi connectivity index (χ3v) is 3.39. The van der Waals surface area contributed by atoms with Crippen molar-refractivity contribution < 1.29 is 26.7 Å². The van der Waals surface area contributed by atoms with E-state index in [4.69, 9.17) is 0 Å². The summed E-state index contributed by atoms with van der Waals surface area (Å²) in [4.78, 5) is 0. The normalized spacial score (nSPS) is 12.0. The molecule has 0 unspecified atom stereocenters. The van der Waals surface area contributed by atoms with Gasteiger partial charge in [0.15, 0.2) is 0 Å². The van der Waals surface area contributed by atoms with Crippen LogP contribution in [0.5, 0.6) is 5.75 Å². The molecule has 0 bridgehead atoms. The van der Waals surface area contributed by atoms with E-state index in [0.717, 1.165) is 6.07 Å². The number of rotatable bonds is 2. The molecule has 0 spiro atoms. The van der Waals surface area contributed by atoms with E-state index in [9.17, 15) is 22.0 Å². The lowest BCUT2D eigenvalue weighted by Gasteiger charge is -2.14. The first-order valence-corrected chi connectivity index (χ1v) is 5.31. The Kier molecular flexibility index (Phi) is 4.17. The van der Waals surface area contributed by atoms with Crippen LogP contribution in [0.15, 0.2) is 21.1 Å². The fourth-order valence-corrected chi connectivity index (χ4v) is 1.61. The molecule has 16 heavy (non-hydrogen) atoms. The van der Waals surface area contributed by atoms with Gasteiger partial charge in [-0.1, -0.05) is 0 Å². The van der Waals surface area contributed by atoms with Crippen molar-refractivity contribution in [3.63, 3.8) is 0 Å². The molecule has 1 rings (SSSR count). The van der Waals surface area contributed by atoms with Crippen LogP contribution in [0.2, 0.25) is 0 Å². The lowest BCUT2D eigenvalue weighted by molar-refractivity contribution is -0.141. The van der Waals surface area contributed by atoms with Crippen LogP contribution in [-0.2, 0) is 6.18 Å². The standard InChI is InChI=1S/C8H3Br2F5O/c9-4-1-3(8(13,14)15)6(2-5(4)10)16-7(11)12/h1-2,7H. The Hall–Kier alpha value is -0.370. The van der Waals surface area contributed by atoms with Crippen molar-refractivity contribution >= 4 is 31.9 Å². The van der Waals surface area contributed by atoms with Crippen LogP contribution in [0, 0.1) is 0 Å². The summed E-state index contributed by atoms with van der Waals surface area (Å²) in [6, 6.07) is 1.50. The number of hydrogen-bond acceptors (Lipinski definition) is 1. The van der Waals surface area contributed by atoms with Crippen molar-refractivity contribution in [1.29, 1.82) is 0 Å². The molecule has 0 aliphatic heterocycles. The number of halogens is 7. The Bertz CT molecular complexity index is 391. The number of benzene rings is 1. The van der Waals surface area contributed by atoms with Crippen LogP contribution in [-0.4, -0.2) is 6.61 Å². The molecular formula is C8H3Br2F5O. The predicted molar refractivity (Wildman–Crippen MR) is 53.5 cm³/mol. The molecule has 0 N–H and O–H groups in total. The summed E-state index contributed by atoms with van der Waals surface area (Å²) in [5.74, 6) is -0.919. The van der Waals surface area contributed by atoms with Crippen molar-refractivity contribution in [1.82, 2.24) is 0 Å². The van der Waals surface area contributed by atoms with E-state index < -0.39 is 24.1 Å². The van der Waals surface area contributed by atoms with Crippen molar-refractivity contribution in [2.24, 2.45) is 0 Å². The quantitative estimate of drug-likeness (QED) is 0.678. The van der Waals surface area contributed by atoms with Gasteiger partial charge in [0.05, 0.1) is 5.56 Å². The minimum Gasteiger partial charge on any atom is -0.434 e. The van der Waals surface area contributed by atoms with Crippen LogP contribution >= 0.6 is 31.9 Å². The molecule has 0 aromatic heterocycles. The zero-order valence-corrected chi connectivity index (χ0v) is 10.5. The van der Waals surface area contributed by atoms with E-state index in [-0.39, 0.29) is 8.95 Å². The van der Waals surface area contributed by atoms with Gasteiger partial charge in [-0.15, -0.1) is 0 Å². The van der Waals surface area contributed by atoms with Crippen molar-refractivity contribution in [3.05, 3.63) is 26.6 Å². The Balaban J connectivity index is 3.28. The molecular weight excluding hydrogens is 367 g/mol. The molecule has 0 heterocycles. The van der Waals surface area contributed by atoms with Gasteiger partial charge >= 0.3 is 12.8 Å². The largest absolute Gasteiger partial charge is 0.434 e. The van der Waals surface area contributed by atoms with Gasteiger partial charge in [-0.05, 0) is 44.0 Å². The van der Waals surface area contributed by atoms with E-state index in [1.165, 1.54) is 0 Å². The second-order valence-corrected chi connectivity index (χ2v) is 4.35. The average molecular weight is 370 g/mol. The summed E-state index contributed by atoms with van der Waals surface area (Å²) in [6.07, 6.45) is -4.76. The van der Waals surface area contributed by atoms with Crippen LogP contribution in [0.4, 0.5) is 22.0 Å². The van der Waals surface area contributed by atoms with E-state index in [1.807, 2.05) is 0 Å². The Morgan fingerprint density at radius 2 is 1.56 bits per heavy atom. The van der Waals surface area contributed by atoms with Gasteiger partial charge in [0.2, 0.25) is 0 Å². The number of alkyl halides is 5. The van der Waals surface area contributed by atoms with Crippen LogP contribution < -0.4 is 4.74 Å². The first kappa shape index (κ1) is 13.7. The summed E-state index contributed by atoms with van der Waals surface area (Å²) in [5.41, 5.74) is -1.26. The SMILES string of the molecule is FC(F)Oc1cc(Br)c(Br)cc1C(F)(F)F. The third kappa shape index (κ3) is 3.31. The summed E-state index contributed by atoms with van der Waals surface area (Å²) in [5, 5.41) is 0. The first-order chi connectivity index (χ1) is 7.21. The van der Waals surface area contributed by atoms with Gasteiger partial charge in [-0.25, -0.2) is 0 Å². The van der Waals surface area contributed by atoms with Crippen LogP contribution in [0.1, 0.15) is 5.56 Å². The lowest BCUT2D eigenvalue weighted by Crippen LogP contribution is -2.11. The van der Waals surface area contributed by atoms with E-state index >= 15 is 0 Å². The molecule has 8 heteroatoms. The van der Waals surface area contributed by atoms with Gasteiger partial charge in [0.1, 0.15) is 5.75 Å². The maximum absolute atomic E-state index is 12.4. The third-order valence-electron chi connectivity index (χ3n) is 1.54. The van der Waals surface area contributed by atoms with Gasteiger partial charge in [-0.3, -0.25) is 0 Å². The zero-order chi connectivity index (χ0) is 12.5. The molecule has 90 valence electrons. The molecule has 1 nitrogen and oxygen atoms in total. The second kappa shape index (κ2) is 4.87. The van der Waals surface area contributed by atoms with Crippen LogP contribution in [0.25, 0.3) is 0 Å². The first-order valence-electron chi connectivity index (χ1n) is 3.73. The molecule has 0 atom stereocenters. The van der Waals surface area contributed by atoms with Crippen molar-refractivity contribution in [3.8, 4) is 5.75 Å². The molecule has 1 aromatic carbocycles. The monoisotopic (exact) mass is 368 g/mol. The molecule has 0 saturated heterocycles. The lowest BCUT2D eigenvalue weighted by atomic mass is 10.2. The van der Waals surface area contributed by atoms with Crippen molar-refractivity contribution in [2.75, 3.05) is 0 Å². The maximum atomic E-state index is 12.4. The fourth-order valence-electron chi connectivity index (χ4n) is 0.944. The average Bonchev–Trinajstić information content (AvgIpc) is 2.08. The molecule has 0 aliphatic carbocycles. The second-order valence-electron chi connectivity index (χ2n) is 2.64. The molecule has 0 fully saturated rings. The summed E-state index contributed by atoms with van der Waals surface area (Å²) < 4.78 is 65.3. The smallest absolute Gasteiger partial charge is 0.420 e. The molecule has 0 amide bonds. The molecule has 1 aromatic rings. The molecule has 0 aliphatic rings. The van der Waals surface area contributed by atoms with Gasteiger partial charge in [0, 0.05) is 8.95 Å². The maximum Gasteiger partial charge on any atom is 0.420 e. The highest BCUT2D eigenvalue weighted by Gasteiger charge is 2.35. The van der Waals surface area contributed by atoms with E-state index in [0.29, 0.717) is 6.07 Å². The van der Waals surface area contributed by atoms with Gasteiger partial charge in [-0.2, -0.15) is 22.0 Å². The highest BCUT2D eigenvalue weighted by atomic mass is 79.9. The minimum atomic E-state index is -4.76. The Labute approximate surface area is 104 Å². The zero-order valence-electron chi connectivity index (χ0n) is 7.29. The summed E-state index contributed by atoms with van der Waals surface area (Å²) >= 11 is 5.75. The highest BCUT2D eigenvalue weighted by molar-refractivity contribution is 9.13. The highest BCUT2D eigenvalue weighted by Crippen LogP contribution is 2.41. The molecule has 0 radical (unpaired) electrons. The van der Waals surface area contributed by atoms with Crippen LogP contribution in [0.3, 0.4) is 0 Å². The van der Waals surface area contributed by atoms with Gasteiger partial charge < -0.3 is 4.74 Å². The Morgan fingerprint density at radius 3 is 2.00 bits per heavy atom. The number of hydrogen-bond donors (Lipinski definition) is 0. The summed E-state index contributed by atoms with van der Waals surface area (Å²) in [6.45, 7) is -3.31. The van der Waals surface area contributed by atoms with Crippen molar-refractivity contribution in [2.45, 2.75) is 12.8 Å². The predicted octanol–water partition coefficient (Wildman–Crippen LogP) is 4.83. The minimum absolute atomic E-state index is 0.0986. The topological polar surface area (TPSA) is 9.23 Å². The van der Waals surface area contributed by atoms with Gasteiger partial charge in [0.25, 0.3) is 0 Å². The summed E-state index contributed by atoms with van der Waals surface area (Å²) in [7, 11) is 0. The number of ether oxygens (including phenoxy) is 1. The Morgan fingerprint density at radius 1 is 1.06 bits per heavy atom. The fraction of sp³-hybridized carbons (Fsp3) is 0.250. The molecule has 0 saturated carbocycles. The van der Waals surface area contributed by atoms with E-state index in [2.05, 4.69) is 36.6 Å². The van der Waals surface area contributed by atoms with E-state index in [1.54, 1.807) is 0 Å².